The van der Waals surface area contributed by atoms with Gasteiger partial charge in [0.1, 0.15) is 12.3 Å². The highest BCUT2D eigenvalue weighted by Gasteiger charge is 2.30. The fourth-order valence-electron chi connectivity index (χ4n) is 2.54. The molecule has 1 aliphatic rings. The summed E-state index contributed by atoms with van der Waals surface area (Å²) in [6.45, 7) is 0.135. The van der Waals surface area contributed by atoms with Crippen molar-refractivity contribution in [1.29, 1.82) is 0 Å². The first-order valence-corrected chi connectivity index (χ1v) is 8.20. The summed E-state index contributed by atoms with van der Waals surface area (Å²) >= 11 is 1.58. The van der Waals surface area contributed by atoms with Crippen LogP contribution in [0.5, 0.6) is 0 Å². The summed E-state index contributed by atoms with van der Waals surface area (Å²) < 4.78 is 5.46. The highest BCUT2D eigenvalue weighted by molar-refractivity contribution is 7.10. The van der Waals surface area contributed by atoms with E-state index >= 15 is 0 Å². The normalized spacial score (nSPS) is 15.9. The van der Waals surface area contributed by atoms with Gasteiger partial charge in [-0.15, -0.1) is 11.3 Å². The summed E-state index contributed by atoms with van der Waals surface area (Å²) in [5.74, 6) is -0.237. The Bertz CT molecular complexity index is 644. The average Bonchev–Trinajstić information content (AvgIpc) is 3.27. The third-order valence-corrected chi connectivity index (χ3v) is 4.72. The molecular weight excluding hydrogens is 316 g/mol. The second kappa shape index (κ2) is 6.78. The van der Waals surface area contributed by atoms with Crippen molar-refractivity contribution in [3.05, 3.63) is 46.5 Å². The van der Waals surface area contributed by atoms with Crippen molar-refractivity contribution in [2.24, 2.45) is 0 Å². The van der Waals surface area contributed by atoms with Crippen LogP contribution in [0.4, 0.5) is 0 Å². The molecule has 1 atom stereocenters. The number of likely N-dealkylation sites (tertiary alicyclic amines) is 1. The average molecular weight is 332 g/mol. The predicted octanol–water partition coefficient (Wildman–Crippen LogP) is 1.74. The van der Waals surface area contributed by atoms with E-state index in [1.165, 1.54) is 0 Å². The van der Waals surface area contributed by atoms with Gasteiger partial charge in [-0.3, -0.25) is 19.3 Å². The summed E-state index contributed by atoms with van der Waals surface area (Å²) in [5.41, 5.74) is 0. The second-order valence-corrected chi connectivity index (χ2v) is 6.24. The minimum atomic E-state index is -0.346. The highest BCUT2D eigenvalue weighted by atomic mass is 32.1. The van der Waals surface area contributed by atoms with Gasteiger partial charge in [0.15, 0.2) is 0 Å². The quantitative estimate of drug-likeness (QED) is 0.817. The van der Waals surface area contributed by atoms with E-state index in [9.17, 15) is 14.4 Å². The van der Waals surface area contributed by atoms with Gasteiger partial charge in [-0.2, -0.15) is 0 Å². The van der Waals surface area contributed by atoms with Crippen LogP contribution >= 0.6 is 11.3 Å². The molecular formula is C16H16N2O4S. The Morgan fingerprint density at radius 3 is 2.65 bits per heavy atom. The van der Waals surface area contributed by atoms with Crippen LogP contribution in [0.3, 0.4) is 0 Å². The van der Waals surface area contributed by atoms with E-state index in [0.29, 0.717) is 6.54 Å². The molecule has 0 spiro atoms. The summed E-state index contributed by atoms with van der Waals surface area (Å²) in [4.78, 5) is 37.2. The number of thiophene rings is 1. The van der Waals surface area contributed by atoms with E-state index in [1.807, 2.05) is 23.6 Å². The van der Waals surface area contributed by atoms with Crippen molar-refractivity contribution >= 4 is 29.1 Å². The minimum Gasteiger partial charge on any atom is -0.469 e. The number of hydrogen-bond donors (Lipinski definition) is 1. The first-order valence-electron chi connectivity index (χ1n) is 7.32. The van der Waals surface area contributed by atoms with Gasteiger partial charge in [0.25, 0.3) is 0 Å². The Balaban J connectivity index is 1.62. The molecule has 1 saturated heterocycles. The number of imide groups is 1. The van der Waals surface area contributed by atoms with Crippen LogP contribution in [-0.2, 0) is 14.4 Å². The molecule has 2 aromatic rings. The largest absolute Gasteiger partial charge is 0.469 e. The zero-order valence-corrected chi connectivity index (χ0v) is 13.2. The lowest BCUT2D eigenvalue weighted by molar-refractivity contribution is -0.142. The van der Waals surface area contributed by atoms with E-state index in [0.717, 1.165) is 15.5 Å². The molecule has 1 fully saturated rings. The molecule has 6 nitrogen and oxygen atoms in total. The molecule has 0 aromatic carbocycles. The Hall–Kier alpha value is -2.41. The van der Waals surface area contributed by atoms with Gasteiger partial charge in [-0.05, 0) is 23.6 Å². The summed E-state index contributed by atoms with van der Waals surface area (Å²) in [7, 11) is 0. The number of nitrogens with one attached hydrogen (secondary N) is 1. The van der Waals surface area contributed by atoms with Gasteiger partial charge in [0, 0.05) is 24.3 Å². The monoisotopic (exact) mass is 332 g/mol. The summed E-state index contributed by atoms with van der Waals surface area (Å²) in [5, 5.41) is 4.76. The SMILES string of the molecule is O=C(CN1C(=O)CCC1=O)NC[C@H](c1ccco1)c1cccs1. The number of amides is 3. The maximum Gasteiger partial charge on any atom is 0.240 e. The highest BCUT2D eigenvalue weighted by Crippen LogP contribution is 2.28. The Labute approximate surface area is 137 Å². The van der Waals surface area contributed by atoms with Crippen molar-refractivity contribution in [3.63, 3.8) is 0 Å². The smallest absolute Gasteiger partial charge is 0.240 e. The van der Waals surface area contributed by atoms with Gasteiger partial charge < -0.3 is 9.73 Å². The molecule has 120 valence electrons. The fraction of sp³-hybridized carbons (Fsp3) is 0.312. The zero-order valence-electron chi connectivity index (χ0n) is 12.4. The molecule has 0 bridgehead atoms. The molecule has 0 aliphatic carbocycles. The number of carbonyl (C=O) groups is 3. The van der Waals surface area contributed by atoms with Crippen LogP contribution in [0, 0.1) is 0 Å². The lowest BCUT2D eigenvalue weighted by Crippen LogP contribution is -2.41. The van der Waals surface area contributed by atoms with Crippen LogP contribution in [0.25, 0.3) is 0 Å². The third kappa shape index (κ3) is 3.50. The van der Waals surface area contributed by atoms with E-state index in [2.05, 4.69) is 5.32 Å². The maximum absolute atomic E-state index is 12.0. The maximum atomic E-state index is 12.0. The van der Waals surface area contributed by atoms with Crippen LogP contribution < -0.4 is 5.32 Å². The number of furan rings is 1. The van der Waals surface area contributed by atoms with Gasteiger partial charge in [0.05, 0.1) is 12.2 Å². The molecule has 2 aromatic heterocycles. The van der Waals surface area contributed by atoms with Crippen molar-refractivity contribution < 1.29 is 18.8 Å². The molecule has 0 saturated carbocycles. The Morgan fingerprint density at radius 2 is 2.04 bits per heavy atom. The predicted molar refractivity (Wildman–Crippen MR) is 83.8 cm³/mol. The number of carbonyl (C=O) groups excluding carboxylic acids is 3. The molecule has 3 rings (SSSR count). The van der Waals surface area contributed by atoms with Crippen molar-refractivity contribution in [1.82, 2.24) is 10.2 Å². The van der Waals surface area contributed by atoms with Crippen LogP contribution in [-0.4, -0.2) is 35.7 Å². The first-order chi connectivity index (χ1) is 11.1. The molecule has 23 heavy (non-hydrogen) atoms. The molecule has 1 aliphatic heterocycles. The fourth-order valence-corrected chi connectivity index (χ4v) is 3.37. The Kier molecular flexibility index (Phi) is 4.57. The van der Waals surface area contributed by atoms with Crippen LogP contribution in [0.15, 0.2) is 40.3 Å². The third-order valence-electron chi connectivity index (χ3n) is 3.73. The minimum absolute atomic E-state index is 0.0843. The standard InChI is InChI=1S/C16H16N2O4S/c19-14(10-18-15(20)5-6-16(18)21)17-9-11(12-3-1-7-22-12)13-4-2-8-23-13/h1-4,7-8,11H,5-6,9-10H2,(H,17,19)/t11-/m1/s1. The molecule has 3 amide bonds. The van der Waals surface area contributed by atoms with Crippen molar-refractivity contribution in [2.75, 3.05) is 13.1 Å². The number of rotatable bonds is 6. The van der Waals surface area contributed by atoms with Crippen molar-refractivity contribution in [2.45, 2.75) is 18.8 Å². The summed E-state index contributed by atoms with van der Waals surface area (Å²) in [6, 6.07) is 7.60. The van der Waals surface area contributed by atoms with E-state index in [1.54, 1.807) is 23.7 Å². The molecule has 0 unspecified atom stereocenters. The zero-order chi connectivity index (χ0) is 16.2. The molecule has 7 heteroatoms. The van der Waals surface area contributed by atoms with Crippen LogP contribution in [0.1, 0.15) is 29.4 Å². The molecule has 1 N–H and O–H groups in total. The summed E-state index contributed by atoms with van der Waals surface area (Å²) in [6.07, 6.45) is 1.98. The van der Waals surface area contributed by atoms with Gasteiger partial charge in [0.2, 0.25) is 17.7 Å². The lowest BCUT2D eigenvalue weighted by atomic mass is 10.0. The van der Waals surface area contributed by atoms with E-state index < -0.39 is 0 Å². The number of nitrogens with zero attached hydrogens (tertiary/aromatic N) is 1. The van der Waals surface area contributed by atoms with Crippen LogP contribution in [0.2, 0.25) is 0 Å². The molecule has 3 heterocycles. The van der Waals surface area contributed by atoms with Gasteiger partial charge >= 0.3 is 0 Å². The van der Waals surface area contributed by atoms with Gasteiger partial charge in [-0.25, -0.2) is 0 Å². The lowest BCUT2D eigenvalue weighted by Gasteiger charge is -2.17. The number of hydrogen-bond acceptors (Lipinski definition) is 5. The first kappa shape index (κ1) is 15.5. The van der Waals surface area contributed by atoms with E-state index in [-0.39, 0.29) is 43.0 Å². The van der Waals surface area contributed by atoms with Gasteiger partial charge in [-0.1, -0.05) is 6.07 Å². The Morgan fingerprint density at radius 1 is 1.26 bits per heavy atom. The van der Waals surface area contributed by atoms with Crippen molar-refractivity contribution in [3.8, 4) is 0 Å². The second-order valence-electron chi connectivity index (χ2n) is 5.26. The topological polar surface area (TPSA) is 79.6 Å². The van der Waals surface area contributed by atoms with E-state index in [4.69, 9.17) is 4.42 Å². The molecule has 0 radical (unpaired) electrons.